The van der Waals surface area contributed by atoms with Gasteiger partial charge in [-0.1, -0.05) is 19.4 Å². The van der Waals surface area contributed by atoms with Crippen LogP contribution in [0, 0.1) is 11.8 Å². The molecule has 0 aromatic rings. The number of carbonyl (C=O) groups excluding carboxylic acids is 1. The van der Waals surface area contributed by atoms with Crippen molar-refractivity contribution in [2.24, 2.45) is 11.8 Å². The molecule has 62 valence electrons. The lowest BCUT2D eigenvalue weighted by molar-refractivity contribution is -0.121. The van der Waals surface area contributed by atoms with E-state index in [1.807, 2.05) is 6.08 Å². The number of hydrogen-bond acceptors (Lipinski definition) is 1. The van der Waals surface area contributed by atoms with Crippen LogP contribution in [0.3, 0.4) is 0 Å². The van der Waals surface area contributed by atoms with Gasteiger partial charge in [-0.05, 0) is 18.8 Å². The molecule has 2 atom stereocenters. The first kappa shape index (κ1) is 8.51. The second-order valence-corrected chi connectivity index (χ2v) is 3.30. The van der Waals surface area contributed by atoms with Crippen LogP contribution in [-0.4, -0.2) is 5.78 Å². The van der Waals surface area contributed by atoms with E-state index >= 15 is 0 Å². The fourth-order valence-corrected chi connectivity index (χ4v) is 1.97. The summed E-state index contributed by atoms with van der Waals surface area (Å²) < 4.78 is 0. The van der Waals surface area contributed by atoms with Gasteiger partial charge in [-0.3, -0.25) is 4.79 Å². The SMILES string of the molecule is C=CC[C@H]1C(=O)CC[C@@H]1CC. The smallest absolute Gasteiger partial charge is 0.136 e. The molecule has 1 saturated carbocycles. The van der Waals surface area contributed by atoms with E-state index in [4.69, 9.17) is 0 Å². The van der Waals surface area contributed by atoms with Crippen LogP contribution in [0.15, 0.2) is 12.7 Å². The molecule has 1 aliphatic rings. The lowest BCUT2D eigenvalue weighted by Gasteiger charge is -2.13. The minimum absolute atomic E-state index is 0.303. The van der Waals surface area contributed by atoms with Crippen LogP contribution in [0.2, 0.25) is 0 Å². The van der Waals surface area contributed by atoms with Gasteiger partial charge in [-0.15, -0.1) is 6.58 Å². The molecule has 0 unspecified atom stereocenters. The van der Waals surface area contributed by atoms with Gasteiger partial charge in [0.1, 0.15) is 5.78 Å². The third-order valence-corrected chi connectivity index (χ3v) is 2.69. The normalized spacial score (nSPS) is 30.8. The average Bonchev–Trinajstić information content (AvgIpc) is 2.34. The highest BCUT2D eigenvalue weighted by atomic mass is 16.1. The number of carbonyl (C=O) groups is 1. The zero-order valence-corrected chi connectivity index (χ0v) is 7.18. The molecule has 1 fully saturated rings. The highest BCUT2D eigenvalue weighted by molar-refractivity contribution is 5.83. The van der Waals surface area contributed by atoms with Crippen molar-refractivity contribution in [1.29, 1.82) is 0 Å². The minimum atomic E-state index is 0.303. The van der Waals surface area contributed by atoms with Crippen molar-refractivity contribution >= 4 is 5.78 Å². The van der Waals surface area contributed by atoms with E-state index in [0.717, 1.165) is 25.7 Å². The molecule has 0 N–H and O–H groups in total. The molecule has 0 radical (unpaired) electrons. The zero-order valence-electron chi connectivity index (χ0n) is 7.18. The molecule has 0 amide bonds. The molecule has 1 rings (SSSR count). The fraction of sp³-hybridized carbons (Fsp3) is 0.700. The Morgan fingerprint density at radius 3 is 3.00 bits per heavy atom. The Morgan fingerprint density at radius 2 is 2.45 bits per heavy atom. The van der Waals surface area contributed by atoms with Crippen LogP contribution in [0.4, 0.5) is 0 Å². The van der Waals surface area contributed by atoms with Gasteiger partial charge in [-0.2, -0.15) is 0 Å². The van der Waals surface area contributed by atoms with E-state index in [1.54, 1.807) is 0 Å². The lowest BCUT2D eigenvalue weighted by atomic mass is 9.90. The highest BCUT2D eigenvalue weighted by Crippen LogP contribution is 2.33. The Morgan fingerprint density at radius 1 is 1.73 bits per heavy atom. The lowest BCUT2D eigenvalue weighted by Crippen LogP contribution is -2.12. The summed E-state index contributed by atoms with van der Waals surface area (Å²) in [6.45, 7) is 5.84. The molecule has 1 aliphatic carbocycles. The molecule has 0 aromatic heterocycles. The predicted octanol–water partition coefficient (Wildman–Crippen LogP) is 2.57. The summed E-state index contributed by atoms with van der Waals surface area (Å²) in [5.41, 5.74) is 0. The molecule has 0 aliphatic heterocycles. The molecule has 0 bridgehead atoms. The Balaban J connectivity index is 2.55. The third-order valence-electron chi connectivity index (χ3n) is 2.69. The Labute approximate surface area is 68.5 Å². The molecule has 1 nitrogen and oxygen atoms in total. The molecular formula is C10H16O. The molecule has 0 heterocycles. The number of Topliss-reactive ketones (excluding diaryl/α,β-unsaturated/α-hetero) is 1. The van der Waals surface area contributed by atoms with Gasteiger partial charge in [0.15, 0.2) is 0 Å². The molecule has 0 saturated heterocycles. The van der Waals surface area contributed by atoms with Crippen molar-refractivity contribution in [3.05, 3.63) is 12.7 Å². The highest BCUT2D eigenvalue weighted by Gasteiger charge is 2.31. The summed E-state index contributed by atoms with van der Waals surface area (Å²) in [7, 11) is 0. The average molecular weight is 152 g/mol. The van der Waals surface area contributed by atoms with Crippen LogP contribution < -0.4 is 0 Å². The summed E-state index contributed by atoms with van der Waals surface area (Å²) in [6, 6.07) is 0. The zero-order chi connectivity index (χ0) is 8.27. The number of allylic oxidation sites excluding steroid dienone is 1. The van der Waals surface area contributed by atoms with Gasteiger partial charge in [0.25, 0.3) is 0 Å². The largest absolute Gasteiger partial charge is 0.299 e. The summed E-state index contributed by atoms with van der Waals surface area (Å²) in [6.07, 6.45) is 5.81. The van der Waals surface area contributed by atoms with Crippen molar-refractivity contribution in [3.8, 4) is 0 Å². The van der Waals surface area contributed by atoms with E-state index in [2.05, 4.69) is 13.5 Å². The van der Waals surface area contributed by atoms with E-state index in [-0.39, 0.29) is 0 Å². The van der Waals surface area contributed by atoms with Crippen LogP contribution in [0.25, 0.3) is 0 Å². The number of rotatable bonds is 3. The second kappa shape index (κ2) is 3.70. The fourth-order valence-electron chi connectivity index (χ4n) is 1.97. The molecule has 0 aromatic carbocycles. The van der Waals surface area contributed by atoms with Crippen molar-refractivity contribution in [1.82, 2.24) is 0 Å². The Hall–Kier alpha value is -0.590. The van der Waals surface area contributed by atoms with Crippen molar-refractivity contribution < 1.29 is 4.79 Å². The first-order valence-corrected chi connectivity index (χ1v) is 4.43. The molecule has 11 heavy (non-hydrogen) atoms. The maximum atomic E-state index is 11.3. The van der Waals surface area contributed by atoms with Crippen molar-refractivity contribution in [3.63, 3.8) is 0 Å². The first-order valence-electron chi connectivity index (χ1n) is 4.43. The molecule has 0 spiro atoms. The van der Waals surface area contributed by atoms with Gasteiger partial charge < -0.3 is 0 Å². The van der Waals surface area contributed by atoms with E-state index in [1.165, 1.54) is 0 Å². The Kier molecular flexibility index (Phi) is 2.86. The van der Waals surface area contributed by atoms with Crippen LogP contribution in [0.5, 0.6) is 0 Å². The number of hydrogen-bond donors (Lipinski definition) is 0. The van der Waals surface area contributed by atoms with Gasteiger partial charge in [0, 0.05) is 12.3 Å². The second-order valence-electron chi connectivity index (χ2n) is 3.30. The molecular weight excluding hydrogens is 136 g/mol. The van der Waals surface area contributed by atoms with Crippen LogP contribution in [0.1, 0.15) is 32.6 Å². The van der Waals surface area contributed by atoms with E-state index in [0.29, 0.717) is 17.6 Å². The van der Waals surface area contributed by atoms with Crippen LogP contribution >= 0.6 is 0 Å². The van der Waals surface area contributed by atoms with Crippen LogP contribution in [-0.2, 0) is 4.79 Å². The van der Waals surface area contributed by atoms with E-state index < -0.39 is 0 Å². The first-order chi connectivity index (χ1) is 5.29. The van der Waals surface area contributed by atoms with Crippen molar-refractivity contribution in [2.75, 3.05) is 0 Å². The van der Waals surface area contributed by atoms with Gasteiger partial charge >= 0.3 is 0 Å². The minimum Gasteiger partial charge on any atom is -0.299 e. The maximum absolute atomic E-state index is 11.3. The topological polar surface area (TPSA) is 17.1 Å². The summed E-state index contributed by atoms with van der Waals surface area (Å²) in [5.74, 6) is 1.40. The van der Waals surface area contributed by atoms with Gasteiger partial charge in [0.2, 0.25) is 0 Å². The standard InChI is InChI=1S/C10H16O/c1-3-5-9-8(4-2)6-7-10(9)11/h3,8-9H,1,4-7H2,2H3/t8-,9+/m0/s1. The van der Waals surface area contributed by atoms with Gasteiger partial charge in [-0.25, -0.2) is 0 Å². The summed E-state index contributed by atoms with van der Waals surface area (Å²) >= 11 is 0. The maximum Gasteiger partial charge on any atom is 0.136 e. The molecule has 1 heteroatoms. The predicted molar refractivity (Wildman–Crippen MR) is 46.3 cm³/mol. The Bertz CT molecular complexity index is 160. The summed E-state index contributed by atoms with van der Waals surface area (Å²) in [5, 5.41) is 0. The third kappa shape index (κ3) is 1.70. The van der Waals surface area contributed by atoms with E-state index in [9.17, 15) is 4.79 Å². The monoisotopic (exact) mass is 152 g/mol. The quantitative estimate of drug-likeness (QED) is 0.568. The van der Waals surface area contributed by atoms with Gasteiger partial charge in [0.05, 0.1) is 0 Å². The number of ketones is 1. The van der Waals surface area contributed by atoms with Crippen molar-refractivity contribution in [2.45, 2.75) is 32.6 Å². The summed E-state index contributed by atoms with van der Waals surface area (Å²) in [4.78, 5) is 11.3.